The number of nitrogens with zero attached hydrogens (tertiary/aromatic N) is 3. The molecule has 49 heavy (non-hydrogen) atoms. The molecule has 1 heterocycles. The zero-order valence-corrected chi connectivity index (χ0v) is 30.1. The van der Waals surface area contributed by atoms with Crippen molar-refractivity contribution >= 4 is 79.6 Å². The maximum atomic E-state index is 6.24. The monoisotopic (exact) mass is 721 g/mol. The van der Waals surface area contributed by atoms with E-state index >= 15 is 0 Å². The van der Waals surface area contributed by atoms with E-state index in [0.29, 0.717) is 0 Å². The summed E-state index contributed by atoms with van der Waals surface area (Å²) in [7, 11) is 0. The molecule has 7 aromatic rings. The van der Waals surface area contributed by atoms with E-state index in [0.717, 1.165) is 64.2 Å². The van der Waals surface area contributed by atoms with Crippen LogP contribution in [0, 0.1) is 0 Å². The molecule has 0 unspecified atom stereocenters. The van der Waals surface area contributed by atoms with Crippen LogP contribution in [0.15, 0.2) is 133 Å². The fraction of sp³-hybridized carbons (Fsp3) is 0.143. The fourth-order valence-corrected chi connectivity index (χ4v) is 7.04. The molecular weight excluding hydrogens is 688 g/mol. The van der Waals surface area contributed by atoms with Gasteiger partial charge in [0.1, 0.15) is 0 Å². The number of aryl methyl sites for hydroxylation is 1. The lowest BCUT2D eigenvalue weighted by atomic mass is 10.1. The summed E-state index contributed by atoms with van der Waals surface area (Å²) >= 11 is 25.0. The predicted octanol–water partition coefficient (Wildman–Crippen LogP) is 12.8. The molecule has 0 amide bonds. The van der Waals surface area contributed by atoms with Gasteiger partial charge in [-0.05, 0) is 114 Å². The Hall–Kier alpha value is -4.12. The Balaban J connectivity index is 1.31. The van der Waals surface area contributed by atoms with Gasteiger partial charge >= 0.3 is 0 Å². The topological polar surface area (TPSA) is 11.4 Å². The van der Waals surface area contributed by atoms with Crippen LogP contribution in [-0.4, -0.2) is 4.57 Å². The van der Waals surface area contributed by atoms with Crippen molar-refractivity contribution in [2.75, 3.05) is 9.80 Å². The molecule has 7 heteroatoms. The van der Waals surface area contributed by atoms with Crippen molar-refractivity contribution in [3.8, 4) is 0 Å². The number of hydrogen-bond acceptors (Lipinski definition) is 2. The van der Waals surface area contributed by atoms with E-state index in [1.54, 1.807) is 0 Å². The van der Waals surface area contributed by atoms with Crippen LogP contribution in [0.1, 0.15) is 29.2 Å². The van der Waals surface area contributed by atoms with Gasteiger partial charge in [0.2, 0.25) is 0 Å². The normalized spacial score (nSPS) is 11.4. The zero-order chi connectivity index (χ0) is 33.9. The Labute approximate surface area is 307 Å². The first-order chi connectivity index (χ1) is 23.8. The summed E-state index contributed by atoms with van der Waals surface area (Å²) in [6.07, 6.45) is 0. The van der Waals surface area contributed by atoms with E-state index in [-0.39, 0.29) is 0 Å². The van der Waals surface area contributed by atoms with Crippen molar-refractivity contribution in [3.63, 3.8) is 0 Å². The maximum Gasteiger partial charge on any atom is 0.0492 e. The van der Waals surface area contributed by atoms with Gasteiger partial charge in [0.25, 0.3) is 0 Å². The molecule has 0 aliphatic heterocycles. The molecule has 3 nitrogen and oxygen atoms in total. The van der Waals surface area contributed by atoms with Gasteiger partial charge in [-0.15, -0.1) is 0 Å². The van der Waals surface area contributed by atoms with Crippen molar-refractivity contribution < 1.29 is 0 Å². The Morgan fingerprint density at radius 1 is 0.408 bits per heavy atom. The highest BCUT2D eigenvalue weighted by Crippen LogP contribution is 2.36. The summed E-state index contributed by atoms with van der Waals surface area (Å²) in [5, 5.41) is 5.40. The fourth-order valence-electron chi connectivity index (χ4n) is 6.53. The van der Waals surface area contributed by atoms with E-state index in [9.17, 15) is 0 Å². The molecule has 0 saturated heterocycles. The first-order valence-corrected chi connectivity index (χ1v) is 17.9. The molecule has 0 aliphatic rings. The quantitative estimate of drug-likeness (QED) is 0.132. The Kier molecular flexibility index (Phi) is 10.1. The summed E-state index contributed by atoms with van der Waals surface area (Å²) in [5.74, 6) is 0. The maximum absolute atomic E-state index is 6.24. The molecule has 7 rings (SSSR count). The summed E-state index contributed by atoms with van der Waals surface area (Å²) in [6, 6.07) is 46.1. The smallest absolute Gasteiger partial charge is 0.0492 e. The molecular formula is C42H35Cl4N3. The second-order valence-electron chi connectivity index (χ2n) is 12.4. The first-order valence-electron chi connectivity index (χ1n) is 16.4. The number of anilines is 2. The predicted molar refractivity (Wildman–Crippen MR) is 211 cm³/mol. The van der Waals surface area contributed by atoms with Gasteiger partial charge in [-0.25, -0.2) is 0 Å². The van der Waals surface area contributed by atoms with Crippen molar-refractivity contribution in [3.05, 3.63) is 176 Å². The van der Waals surface area contributed by atoms with Crippen LogP contribution < -0.4 is 9.80 Å². The molecule has 0 radical (unpaired) electrons. The van der Waals surface area contributed by atoms with Gasteiger partial charge in [0.15, 0.2) is 0 Å². The molecule has 0 bridgehead atoms. The number of fused-ring (bicyclic) bond motifs is 3. The summed E-state index contributed by atoms with van der Waals surface area (Å²) in [4.78, 5) is 4.83. The minimum Gasteiger partial charge on any atom is -0.363 e. The number of rotatable bonds is 11. The van der Waals surface area contributed by atoms with Crippen molar-refractivity contribution in [1.82, 2.24) is 4.57 Å². The van der Waals surface area contributed by atoms with Gasteiger partial charge in [0, 0.05) is 86.0 Å². The number of hydrogen-bond donors (Lipinski definition) is 0. The average Bonchev–Trinajstić information content (AvgIpc) is 3.43. The first kappa shape index (κ1) is 33.4. The number of aromatic nitrogens is 1. The average molecular weight is 724 g/mol. The molecule has 0 atom stereocenters. The molecule has 0 fully saturated rings. The number of halogens is 4. The van der Waals surface area contributed by atoms with Gasteiger partial charge in [-0.3, -0.25) is 0 Å². The summed E-state index contributed by atoms with van der Waals surface area (Å²) in [5.41, 5.74) is 9.51. The van der Waals surface area contributed by atoms with E-state index in [4.69, 9.17) is 46.4 Å². The second-order valence-corrected chi connectivity index (χ2v) is 14.1. The Bertz CT molecular complexity index is 1940. The van der Waals surface area contributed by atoms with Crippen molar-refractivity contribution in [2.45, 2.75) is 39.6 Å². The van der Waals surface area contributed by atoms with Crippen LogP contribution in [0.4, 0.5) is 11.4 Å². The van der Waals surface area contributed by atoms with Crippen LogP contribution in [0.5, 0.6) is 0 Å². The third-order valence-electron chi connectivity index (χ3n) is 9.03. The van der Waals surface area contributed by atoms with Gasteiger partial charge in [0.05, 0.1) is 0 Å². The lowest BCUT2D eigenvalue weighted by Gasteiger charge is -2.26. The highest BCUT2D eigenvalue weighted by Gasteiger charge is 2.17. The molecule has 0 N–H and O–H groups in total. The standard InChI is InChI=1S/C42H35Cl4N3/c1-2-49-41-21-19-37(47(25-29-3-11-33(43)12-4-29)26-30-5-13-34(44)14-6-30)23-39(41)40-24-38(20-22-42(40)49)48(27-31-7-15-35(45)16-8-31)28-32-9-17-36(46)18-10-32/h3-24H,2,25-28H2,1H3. The molecule has 1 aromatic heterocycles. The number of benzene rings is 6. The Morgan fingerprint density at radius 3 is 0.959 bits per heavy atom. The van der Waals surface area contributed by atoms with E-state index < -0.39 is 0 Å². The lowest BCUT2D eigenvalue weighted by molar-refractivity contribution is 0.799. The van der Waals surface area contributed by atoms with E-state index in [1.165, 1.54) is 44.1 Å². The molecule has 6 aromatic carbocycles. The molecule has 0 spiro atoms. The Morgan fingerprint density at radius 2 is 0.694 bits per heavy atom. The van der Waals surface area contributed by atoms with E-state index in [1.807, 2.05) is 48.5 Å². The van der Waals surface area contributed by atoms with Crippen molar-refractivity contribution in [2.24, 2.45) is 0 Å². The summed E-state index contributed by atoms with van der Waals surface area (Å²) in [6.45, 7) is 6.02. The van der Waals surface area contributed by atoms with Crippen LogP contribution in [0.2, 0.25) is 20.1 Å². The van der Waals surface area contributed by atoms with E-state index in [2.05, 4.69) is 106 Å². The molecule has 0 aliphatic carbocycles. The third kappa shape index (κ3) is 7.71. The van der Waals surface area contributed by atoms with Gasteiger partial charge in [-0.1, -0.05) is 94.9 Å². The molecule has 0 saturated carbocycles. The highest BCUT2D eigenvalue weighted by atomic mass is 35.5. The van der Waals surface area contributed by atoms with Crippen LogP contribution in [0.25, 0.3) is 21.8 Å². The van der Waals surface area contributed by atoms with Crippen LogP contribution in [-0.2, 0) is 32.7 Å². The minimum absolute atomic E-state index is 0.735. The third-order valence-corrected chi connectivity index (χ3v) is 10.0. The SMILES string of the molecule is CCn1c2ccc(N(Cc3ccc(Cl)cc3)Cc3ccc(Cl)cc3)cc2c2cc(N(Cc3ccc(Cl)cc3)Cc3ccc(Cl)cc3)ccc21. The minimum atomic E-state index is 0.735. The summed E-state index contributed by atoms with van der Waals surface area (Å²) < 4.78 is 2.41. The molecule has 246 valence electrons. The van der Waals surface area contributed by atoms with Crippen molar-refractivity contribution in [1.29, 1.82) is 0 Å². The largest absolute Gasteiger partial charge is 0.363 e. The van der Waals surface area contributed by atoms with Crippen LogP contribution >= 0.6 is 46.4 Å². The van der Waals surface area contributed by atoms with Gasteiger partial charge < -0.3 is 14.4 Å². The zero-order valence-electron chi connectivity index (χ0n) is 27.1. The van der Waals surface area contributed by atoms with Crippen LogP contribution in [0.3, 0.4) is 0 Å². The lowest BCUT2D eigenvalue weighted by Crippen LogP contribution is -2.22. The second kappa shape index (κ2) is 14.8. The highest BCUT2D eigenvalue weighted by molar-refractivity contribution is 6.31. The van der Waals surface area contributed by atoms with Gasteiger partial charge in [-0.2, -0.15) is 0 Å².